The molecule has 0 atom stereocenters. The lowest BCUT2D eigenvalue weighted by atomic mass is 10.1. The molecular weight excluding hydrogens is 244 g/mol. The molecule has 0 aliphatic carbocycles. The first-order valence-corrected chi connectivity index (χ1v) is 5.14. The lowest BCUT2D eigenvalue weighted by Crippen LogP contribution is -2.14. The minimum absolute atomic E-state index is 0.0578. The maximum absolute atomic E-state index is 12.6. The van der Waals surface area contributed by atoms with Crippen molar-refractivity contribution in [2.24, 2.45) is 5.73 Å². The minimum atomic E-state index is -2.85. The predicted molar refractivity (Wildman–Crippen MR) is 57.8 cm³/mol. The lowest BCUT2D eigenvalue weighted by molar-refractivity contribution is 0.0517. The SMILES string of the molecule is CCOC(=O)c1nc(C(F)F)cc(CN)c1C#N. The number of rotatable bonds is 4. The van der Waals surface area contributed by atoms with Crippen LogP contribution in [0.2, 0.25) is 0 Å². The van der Waals surface area contributed by atoms with Gasteiger partial charge in [0, 0.05) is 6.54 Å². The fraction of sp³-hybridized carbons (Fsp3) is 0.364. The molecule has 5 nitrogen and oxygen atoms in total. The number of hydrogen-bond donors (Lipinski definition) is 1. The van der Waals surface area contributed by atoms with Crippen molar-refractivity contribution in [3.8, 4) is 6.07 Å². The zero-order chi connectivity index (χ0) is 13.7. The zero-order valence-corrected chi connectivity index (χ0v) is 9.61. The van der Waals surface area contributed by atoms with Gasteiger partial charge in [-0.05, 0) is 18.6 Å². The van der Waals surface area contributed by atoms with Crippen LogP contribution in [0.4, 0.5) is 8.78 Å². The highest BCUT2D eigenvalue weighted by molar-refractivity contribution is 5.90. The Morgan fingerprint density at radius 3 is 2.78 bits per heavy atom. The van der Waals surface area contributed by atoms with E-state index in [1.807, 2.05) is 0 Å². The third-order valence-electron chi connectivity index (χ3n) is 2.15. The number of carbonyl (C=O) groups excluding carboxylic acids is 1. The summed E-state index contributed by atoms with van der Waals surface area (Å²) in [6.07, 6.45) is -2.85. The van der Waals surface area contributed by atoms with Crippen molar-refractivity contribution in [3.05, 3.63) is 28.6 Å². The standard InChI is InChI=1S/C11H11F2N3O2/c1-2-18-11(17)9-7(5-15)6(4-14)3-8(16-9)10(12)13/h3,10H,2,4,14H2,1H3. The first kappa shape index (κ1) is 14.0. The Hall–Kier alpha value is -2.07. The average molecular weight is 255 g/mol. The van der Waals surface area contributed by atoms with Gasteiger partial charge < -0.3 is 10.5 Å². The molecule has 2 N–H and O–H groups in total. The van der Waals surface area contributed by atoms with Crippen LogP contribution >= 0.6 is 0 Å². The van der Waals surface area contributed by atoms with Crippen molar-refractivity contribution in [2.75, 3.05) is 6.61 Å². The van der Waals surface area contributed by atoms with Crippen molar-refractivity contribution in [2.45, 2.75) is 19.9 Å². The van der Waals surface area contributed by atoms with E-state index in [9.17, 15) is 13.6 Å². The average Bonchev–Trinajstić information content (AvgIpc) is 2.37. The van der Waals surface area contributed by atoms with Crippen LogP contribution in [0.25, 0.3) is 0 Å². The molecule has 0 radical (unpaired) electrons. The van der Waals surface area contributed by atoms with Crippen molar-refractivity contribution in [3.63, 3.8) is 0 Å². The number of esters is 1. The van der Waals surface area contributed by atoms with Crippen molar-refractivity contribution < 1.29 is 18.3 Å². The molecular formula is C11H11F2N3O2. The maximum atomic E-state index is 12.6. The molecule has 1 aromatic rings. The molecule has 0 fully saturated rings. The van der Waals surface area contributed by atoms with Crippen molar-refractivity contribution in [1.29, 1.82) is 5.26 Å². The number of halogens is 2. The Morgan fingerprint density at radius 2 is 2.33 bits per heavy atom. The lowest BCUT2D eigenvalue weighted by Gasteiger charge is -2.09. The highest BCUT2D eigenvalue weighted by Crippen LogP contribution is 2.22. The van der Waals surface area contributed by atoms with Crippen LogP contribution in [0.15, 0.2) is 6.07 Å². The number of nitrogens with two attached hydrogens (primary N) is 1. The Bertz CT molecular complexity index is 498. The van der Waals surface area contributed by atoms with Crippen molar-refractivity contribution >= 4 is 5.97 Å². The van der Waals surface area contributed by atoms with E-state index in [0.29, 0.717) is 0 Å². The second-order valence-electron chi connectivity index (χ2n) is 3.27. The van der Waals surface area contributed by atoms with Crippen LogP contribution in [0, 0.1) is 11.3 Å². The molecule has 0 amide bonds. The second-order valence-corrected chi connectivity index (χ2v) is 3.27. The summed E-state index contributed by atoms with van der Waals surface area (Å²) in [4.78, 5) is 15.0. The summed E-state index contributed by atoms with van der Waals surface area (Å²) in [6, 6.07) is 2.75. The number of aromatic nitrogens is 1. The van der Waals surface area contributed by atoms with E-state index in [4.69, 9.17) is 11.0 Å². The van der Waals surface area contributed by atoms with E-state index in [2.05, 4.69) is 9.72 Å². The summed E-state index contributed by atoms with van der Waals surface area (Å²) >= 11 is 0. The zero-order valence-electron chi connectivity index (χ0n) is 9.61. The summed E-state index contributed by atoms with van der Waals surface area (Å²) < 4.78 is 29.9. The van der Waals surface area contributed by atoms with Gasteiger partial charge in [0.15, 0.2) is 5.69 Å². The third-order valence-corrected chi connectivity index (χ3v) is 2.15. The number of nitriles is 1. The first-order chi connectivity index (χ1) is 8.54. The molecule has 0 unspecified atom stereocenters. The van der Waals surface area contributed by atoms with Gasteiger partial charge in [-0.2, -0.15) is 5.26 Å². The Labute approximate surface area is 102 Å². The molecule has 0 spiro atoms. The Kier molecular flexibility index (Phi) is 4.68. The van der Waals surface area contributed by atoms with Gasteiger partial charge in [-0.3, -0.25) is 0 Å². The van der Waals surface area contributed by atoms with Crippen LogP contribution < -0.4 is 5.73 Å². The molecule has 0 saturated heterocycles. The summed E-state index contributed by atoms with van der Waals surface area (Å²) in [5.74, 6) is -0.911. The molecule has 1 aromatic heterocycles. The summed E-state index contributed by atoms with van der Waals surface area (Å²) in [7, 11) is 0. The first-order valence-electron chi connectivity index (χ1n) is 5.14. The number of carbonyl (C=O) groups is 1. The topological polar surface area (TPSA) is 89.0 Å². The van der Waals surface area contributed by atoms with E-state index in [1.54, 1.807) is 13.0 Å². The highest BCUT2D eigenvalue weighted by atomic mass is 19.3. The molecule has 18 heavy (non-hydrogen) atoms. The Balaban J connectivity index is 3.41. The molecule has 96 valence electrons. The third kappa shape index (κ3) is 2.78. The van der Waals surface area contributed by atoms with Crippen LogP contribution in [-0.2, 0) is 11.3 Å². The second kappa shape index (κ2) is 6.02. The van der Waals surface area contributed by atoms with Gasteiger partial charge in [-0.1, -0.05) is 0 Å². The quantitative estimate of drug-likeness (QED) is 0.824. The summed E-state index contributed by atoms with van der Waals surface area (Å²) in [6.45, 7) is 1.48. The number of alkyl halides is 2. The molecule has 0 aliphatic heterocycles. The molecule has 1 heterocycles. The summed E-state index contributed by atoms with van der Waals surface area (Å²) in [5.41, 5.74) is 4.36. The van der Waals surface area contributed by atoms with Gasteiger partial charge in [-0.25, -0.2) is 18.6 Å². The Morgan fingerprint density at radius 1 is 1.67 bits per heavy atom. The van der Waals surface area contributed by atoms with Crippen LogP contribution in [0.3, 0.4) is 0 Å². The van der Waals surface area contributed by atoms with Gasteiger partial charge >= 0.3 is 5.97 Å². The smallest absolute Gasteiger partial charge is 0.358 e. The van der Waals surface area contributed by atoms with Gasteiger partial charge in [-0.15, -0.1) is 0 Å². The van der Waals surface area contributed by atoms with Crippen LogP contribution in [0.1, 0.15) is 40.7 Å². The number of hydrogen-bond acceptors (Lipinski definition) is 5. The minimum Gasteiger partial charge on any atom is -0.461 e. The van der Waals surface area contributed by atoms with E-state index in [1.165, 1.54) is 0 Å². The number of pyridine rings is 1. The van der Waals surface area contributed by atoms with Gasteiger partial charge in [0.25, 0.3) is 6.43 Å². The monoisotopic (exact) mass is 255 g/mol. The van der Waals surface area contributed by atoms with E-state index < -0.39 is 23.8 Å². The molecule has 1 rings (SSSR count). The van der Waals surface area contributed by atoms with E-state index in [-0.39, 0.29) is 24.3 Å². The predicted octanol–water partition coefficient (Wildman–Crippen LogP) is 1.53. The molecule has 0 bridgehead atoms. The number of ether oxygens (including phenoxy) is 1. The van der Waals surface area contributed by atoms with Gasteiger partial charge in [0.2, 0.25) is 0 Å². The highest BCUT2D eigenvalue weighted by Gasteiger charge is 2.22. The molecule has 0 aromatic carbocycles. The molecule has 7 heteroatoms. The fourth-order valence-electron chi connectivity index (χ4n) is 1.36. The largest absolute Gasteiger partial charge is 0.461 e. The van der Waals surface area contributed by atoms with Crippen molar-refractivity contribution in [1.82, 2.24) is 4.98 Å². The van der Waals surface area contributed by atoms with Crippen LogP contribution in [-0.4, -0.2) is 17.6 Å². The van der Waals surface area contributed by atoms with Crippen LogP contribution in [0.5, 0.6) is 0 Å². The normalized spacial score (nSPS) is 10.2. The number of nitrogens with zero attached hydrogens (tertiary/aromatic N) is 2. The molecule has 0 aliphatic rings. The van der Waals surface area contributed by atoms with Gasteiger partial charge in [0.05, 0.1) is 12.2 Å². The summed E-state index contributed by atoms with van der Waals surface area (Å²) in [5, 5.41) is 8.94. The van der Waals surface area contributed by atoms with Gasteiger partial charge in [0.1, 0.15) is 11.8 Å². The van der Waals surface area contributed by atoms with E-state index in [0.717, 1.165) is 6.07 Å². The maximum Gasteiger partial charge on any atom is 0.358 e. The molecule has 0 saturated carbocycles. The van der Waals surface area contributed by atoms with E-state index >= 15 is 0 Å². The fourth-order valence-corrected chi connectivity index (χ4v) is 1.36.